The van der Waals surface area contributed by atoms with Gasteiger partial charge in [0.15, 0.2) is 5.82 Å². The first-order valence-electron chi connectivity index (χ1n) is 6.18. The van der Waals surface area contributed by atoms with Crippen molar-refractivity contribution in [1.29, 1.82) is 0 Å². The molecule has 0 saturated heterocycles. The summed E-state index contributed by atoms with van der Waals surface area (Å²) in [5.41, 5.74) is 1.01. The summed E-state index contributed by atoms with van der Waals surface area (Å²) >= 11 is 1.72. The molecule has 6 heteroatoms. The highest BCUT2D eigenvalue weighted by atomic mass is 32.2. The first kappa shape index (κ1) is 13.9. The summed E-state index contributed by atoms with van der Waals surface area (Å²) in [6.07, 6.45) is 1.75. The lowest BCUT2D eigenvalue weighted by Crippen LogP contribution is -1.95. The Morgan fingerprint density at radius 2 is 2.26 bits per heavy atom. The fraction of sp³-hybridized carbons (Fsp3) is 0.462. The largest absolute Gasteiger partial charge is 0.492 e. The molecule has 1 atom stereocenters. The quantitative estimate of drug-likeness (QED) is 0.809. The Morgan fingerprint density at radius 1 is 1.42 bits per heavy atom. The van der Waals surface area contributed by atoms with E-state index in [4.69, 9.17) is 9.26 Å². The van der Waals surface area contributed by atoms with Gasteiger partial charge in [-0.3, -0.25) is 4.98 Å². The van der Waals surface area contributed by atoms with Crippen LogP contribution in [0.3, 0.4) is 0 Å². The van der Waals surface area contributed by atoms with Crippen LogP contribution in [-0.4, -0.2) is 21.7 Å². The third-order valence-corrected chi connectivity index (χ3v) is 3.64. The highest BCUT2D eigenvalue weighted by Crippen LogP contribution is 2.29. The van der Waals surface area contributed by atoms with Crippen LogP contribution in [-0.2, 0) is 5.75 Å². The van der Waals surface area contributed by atoms with Gasteiger partial charge in [-0.25, -0.2) is 0 Å². The smallest absolute Gasteiger partial charge is 0.239 e. The van der Waals surface area contributed by atoms with Gasteiger partial charge >= 0.3 is 0 Å². The number of ether oxygens (including phenoxy) is 1. The van der Waals surface area contributed by atoms with E-state index in [-0.39, 0.29) is 5.25 Å². The summed E-state index contributed by atoms with van der Waals surface area (Å²) in [4.78, 5) is 8.58. The van der Waals surface area contributed by atoms with Crippen LogP contribution < -0.4 is 4.74 Å². The van der Waals surface area contributed by atoms with Crippen LogP contribution in [0.2, 0.25) is 0 Å². The van der Waals surface area contributed by atoms with Crippen LogP contribution in [0.4, 0.5) is 0 Å². The van der Waals surface area contributed by atoms with Gasteiger partial charge in [-0.15, -0.1) is 11.8 Å². The molecule has 2 aromatic rings. The number of hydrogen-bond donors (Lipinski definition) is 0. The van der Waals surface area contributed by atoms with Crippen LogP contribution in [0, 0.1) is 6.92 Å². The third kappa shape index (κ3) is 3.96. The molecule has 0 saturated carbocycles. The molecule has 0 radical (unpaired) electrons. The van der Waals surface area contributed by atoms with E-state index in [1.807, 2.05) is 32.9 Å². The van der Waals surface area contributed by atoms with Crippen LogP contribution in [0.1, 0.15) is 36.5 Å². The van der Waals surface area contributed by atoms with Crippen molar-refractivity contribution in [3.05, 3.63) is 35.7 Å². The number of thioether (sulfide) groups is 1. The first-order chi connectivity index (χ1) is 9.19. The molecular formula is C13H17N3O2S. The van der Waals surface area contributed by atoms with Gasteiger partial charge in [-0.1, -0.05) is 5.16 Å². The topological polar surface area (TPSA) is 61.0 Å². The number of rotatable bonds is 6. The lowest BCUT2D eigenvalue weighted by atomic mass is 10.4. The van der Waals surface area contributed by atoms with Crippen molar-refractivity contribution in [1.82, 2.24) is 15.1 Å². The molecule has 2 heterocycles. The fourth-order valence-electron chi connectivity index (χ4n) is 1.51. The van der Waals surface area contributed by atoms with Crippen LogP contribution in [0.5, 0.6) is 5.75 Å². The SMILES string of the molecule is CCOc1ccc(CSC(C)c2nc(C)no2)nc1. The van der Waals surface area contributed by atoms with Crippen molar-refractivity contribution >= 4 is 11.8 Å². The van der Waals surface area contributed by atoms with Crippen molar-refractivity contribution in [2.24, 2.45) is 0 Å². The molecule has 19 heavy (non-hydrogen) atoms. The number of aromatic nitrogens is 3. The van der Waals surface area contributed by atoms with Crippen LogP contribution in [0.25, 0.3) is 0 Å². The Kier molecular flexibility index (Phi) is 4.79. The molecule has 0 fully saturated rings. The van der Waals surface area contributed by atoms with Gasteiger partial charge in [-0.05, 0) is 32.9 Å². The number of pyridine rings is 1. The van der Waals surface area contributed by atoms with Gasteiger partial charge < -0.3 is 9.26 Å². The maximum atomic E-state index is 5.36. The molecule has 0 bridgehead atoms. The van der Waals surface area contributed by atoms with Gasteiger partial charge in [0.2, 0.25) is 5.89 Å². The maximum Gasteiger partial charge on any atom is 0.239 e. The van der Waals surface area contributed by atoms with Gasteiger partial charge in [0.05, 0.1) is 23.7 Å². The highest BCUT2D eigenvalue weighted by Gasteiger charge is 2.13. The van der Waals surface area contributed by atoms with E-state index in [1.165, 1.54) is 0 Å². The van der Waals surface area contributed by atoms with Crippen LogP contribution >= 0.6 is 11.8 Å². The third-order valence-electron chi connectivity index (χ3n) is 2.48. The average molecular weight is 279 g/mol. The number of aryl methyl sites for hydroxylation is 1. The van der Waals surface area contributed by atoms with Crippen molar-refractivity contribution in [2.75, 3.05) is 6.61 Å². The van der Waals surface area contributed by atoms with Crippen molar-refractivity contribution < 1.29 is 9.26 Å². The van der Waals surface area contributed by atoms with E-state index in [0.29, 0.717) is 18.3 Å². The van der Waals surface area contributed by atoms with Crippen LogP contribution in [0.15, 0.2) is 22.9 Å². The second-order valence-electron chi connectivity index (χ2n) is 4.05. The fourth-order valence-corrected chi connectivity index (χ4v) is 2.34. The molecule has 0 amide bonds. The summed E-state index contributed by atoms with van der Waals surface area (Å²) in [7, 11) is 0. The van der Waals surface area contributed by atoms with Crippen molar-refractivity contribution in [3.63, 3.8) is 0 Å². The molecule has 0 aliphatic carbocycles. The lowest BCUT2D eigenvalue weighted by Gasteiger charge is -2.07. The molecule has 0 aliphatic heterocycles. The van der Waals surface area contributed by atoms with E-state index < -0.39 is 0 Å². The zero-order valence-corrected chi connectivity index (χ0v) is 12.1. The number of nitrogens with zero attached hydrogens (tertiary/aromatic N) is 3. The second-order valence-corrected chi connectivity index (χ2v) is 5.38. The molecule has 0 N–H and O–H groups in total. The predicted molar refractivity (Wildman–Crippen MR) is 74.2 cm³/mol. The van der Waals surface area contributed by atoms with Crippen molar-refractivity contribution in [2.45, 2.75) is 31.8 Å². The van der Waals surface area contributed by atoms with Gasteiger partial charge in [0, 0.05) is 5.75 Å². The summed E-state index contributed by atoms with van der Waals surface area (Å²) in [6.45, 7) is 6.48. The molecule has 2 aromatic heterocycles. The minimum Gasteiger partial charge on any atom is -0.492 e. The molecule has 0 spiro atoms. The maximum absolute atomic E-state index is 5.36. The Bertz CT molecular complexity index is 513. The van der Waals surface area contributed by atoms with Crippen molar-refractivity contribution in [3.8, 4) is 5.75 Å². The Labute approximate surface area is 116 Å². The highest BCUT2D eigenvalue weighted by molar-refractivity contribution is 7.98. The summed E-state index contributed by atoms with van der Waals surface area (Å²) in [6, 6.07) is 3.91. The molecule has 0 aliphatic rings. The monoisotopic (exact) mass is 279 g/mol. The average Bonchev–Trinajstić information content (AvgIpc) is 2.85. The second kappa shape index (κ2) is 6.56. The molecular weight excluding hydrogens is 262 g/mol. The standard InChI is InChI=1S/C13H17N3O2S/c1-4-17-12-6-5-11(14-7-12)8-19-9(2)13-15-10(3)16-18-13/h5-7,9H,4,8H2,1-3H3. The van der Waals surface area contributed by atoms with E-state index in [2.05, 4.69) is 15.1 Å². The molecule has 2 rings (SSSR count). The normalized spacial score (nSPS) is 12.4. The summed E-state index contributed by atoms with van der Waals surface area (Å²) in [5.74, 6) is 2.93. The van der Waals surface area contributed by atoms with E-state index in [9.17, 15) is 0 Å². The minimum atomic E-state index is 0.162. The number of hydrogen-bond acceptors (Lipinski definition) is 6. The zero-order chi connectivity index (χ0) is 13.7. The summed E-state index contributed by atoms with van der Waals surface area (Å²) in [5, 5.41) is 3.95. The molecule has 5 nitrogen and oxygen atoms in total. The minimum absolute atomic E-state index is 0.162. The van der Waals surface area contributed by atoms with E-state index in [1.54, 1.807) is 18.0 Å². The molecule has 102 valence electrons. The lowest BCUT2D eigenvalue weighted by molar-refractivity contribution is 0.338. The Balaban J connectivity index is 1.87. The summed E-state index contributed by atoms with van der Waals surface area (Å²) < 4.78 is 10.5. The van der Waals surface area contributed by atoms with E-state index in [0.717, 1.165) is 17.2 Å². The molecule has 1 unspecified atom stereocenters. The van der Waals surface area contributed by atoms with E-state index >= 15 is 0 Å². The predicted octanol–water partition coefficient (Wildman–Crippen LogP) is 3.17. The Hall–Kier alpha value is -1.56. The van der Waals surface area contributed by atoms with Gasteiger partial charge in [0.25, 0.3) is 0 Å². The van der Waals surface area contributed by atoms with Gasteiger partial charge in [0.1, 0.15) is 5.75 Å². The zero-order valence-electron chi connectivity index (χ0n) is 11.3. The molecule has 0 aromatic carbocycles. The Morgan fingerprint density at radius 3 is 2.84 bits per heavy atom. The van der Waals surface area contributed by atoms with Gasteiger partial charge in [-0.2, -0.15) is 4.98 Å². The first-order valence-corrected chi connectivity index (χ1v) is 7.23.